The first kappa shape index (κ1) is 25.1. The highest BCUT2D eigenvalue weighted by molar-refractivity contribution is 6.19. The summed E-state index contributed by atoms with van der Waals surface area (Å²) in [5, 5.41) is 8.25. The average Bonchev–Trinajstić information content (AvgIpc) is 3.68. The van der Waals surface area contributed by atoms with Crippen LogP contribution in [0.5, 0.6) is 0 Å². The van der Waals surface area contributed by atoms with E-state index in [-0.39, 0.29) is 59.0 Å². The predicted octanol–water partition coefficient (Wildman–Crippen LogP) is 14.8. The third-order valence-corrected chi connectivity index (χ3v) is 10.9. The van der Waals surface area contributed by atoms with E-state index in [9.17, 15) is 5.48 Å². The predicted molar refractivity (Wildman–Crippen MR) is 229 cm³/mol. The Morgan fingerprint density at radius 2 is 1.00 bits per heavy atom. The Bertz CT molecular complexity index is 3530. The van der Waals surface area contributed by atoms with Gasteiger partial charge in [-0.2, -0.15) is 0 Å². The zero-order chi connectivity index (χ0) is 40.8. The van der Waals surface area contributed by atoms with Crippen molar-refractivity contribution in [2.45, 2.75) is 6.42 Å². The molecule has 10 aromatic carbocycles. The summed E-state index contributed by atoms with van der Waals surface area (Å²) in [7, 11) is 0. The van der Waals surface area contributed by atoms with Gasteiger partial charge in [-0.05, 0) is 94.5 Å². The molecule has 11 aromatic rings. The Morgan fingerprint density at radius 3 is 1.80 bits per heavy atom. The first-order valence-corrected chi connectivity index (χ1v) is 18.2. The Labute approximate surface area is 321 Å². The molecule has 11 rings (SSSR count). The highest BCUT2D eigenvalue weighted by Gasteiger charge is 2.20. The maximum Gasteiger partial charge on any atom is 0.143 e. The van der Waals surface area contributed by atoms with Crippen molar-refractivity contribution in [1.29, 1.82) is 0 Å². The van der Waals surface area contributed by atoms with Gasteiger partial charge in [0.1, 0.15) is 11.2 Å². The van der Waals surface area contributed by atoms with Gasteiger partial charge in [0.15, 0.2) is 0 Å². The van der Waals surface area contributed by atoms with Crippen LogP contribution in [0.2, 0.25) is 0 Å². The fourth-order valence-electron chi connectivity index (χ4n) is 8.55. The maximum absolute atomic E-state index is 9.82. The van der Waals surface area contributed by atoms with Crippen molar-refractivity contribution in [2.24, 2.45) is 0 Å². The van der Waals surface area contributed by atoms with E-state index in [1.807, 2.05) is 97.1 Å². The SMILES string of the molecule is [2H]c1c([2H])c([2H])c2c(-c3cccc4oc5c(-c6cccc7ccccc67)cccc5c34)c([2H])c([2H])c(Cc3c4ccccc4c(-c4ccccc4)c4ccccc34)c2c1[2H]. The molecule has 0 saturated carbocycles. The monoisotopic (exact) mass is 692 g/mol. The van der Waals surface area contributed by atoms with E-state index in [1.165, 1.54) is 0 Å². The molecule has 0 aliphatic heterocycles. The van der Waals surface area contributed by atoms with Crippen LogP contribution in [0.25, 0.3) is 98.4 Å². The Hall–Kier alpha value is -6.96. The van der Waals surface area contributed by atoms with Crippen LogP contribution in [0.4, 0.5) is 0 Å². The van der Waals surface area contributed by atoms with E-state index < -0.39 is 0 Å². The lowest BCUT2D eigenvalue weighted by molar-refractivity contribution is 0.670. The zero-order valence-corrected chi connectivity index (χ0v) is 29.1. The normalized spacial score (nSPS) is 13.3. The highest BCUT2D eigenvalue weighted by Crippen LogP contribution is 2.45. The third-order valence-electron chi connectivity index (χ3n) is 10.9. The molecule has 0 aliphatic rings. The van der Waals surface area contributed by atoms with Crippen LogP contribution in [-0.4, -0.2) is 0 Å². The average molecular weight is 693 g/mol. The molecule has 0 spiro atoms. The van der Waals surface area contributed by atoms with Crippen molar-refractivity contribution in [3.8, 4) is 33.4 Å². The van der Waals surface area contributed by atoms with E-state index in [0.717, 1.165) is 70.9 Å². The summed E-state index contributed by atoms with van der Waals surface area (Å²) >= 11 is 0. The number of para-hydroxylation sites is 1. The van der Waals surface area contributed by atoms with Crippen LogP contribution >= 0.6 is 0 Å². The summed E-state index contributed by atoms with van der Waals surface area (Å²) in [6, 6.07) is 51.4. The van der Waals surface area contributed by atoms with Crippen molar-refractivity contribution in [3.63, 3.8) is 0 Å². The standard InChI is InChI=1S/C53H34O/c1-2-16-35(17-3-1)51-44-24-10-8-22-41(44)49(42-23-9-11-25-45(42)51)33-36-31-32-43(39-21-7-6-20-38(36)39)46-27-14-30-50-52(46)48-29-13-28-47(53(48)54-50)40-26-12-18-34-15-4-5-19-37(34)40/h1-32H,33H2/i6D,7D,20D,21D,31D,32D. The number of rotatable bonds is 5. The molecule has 54 heavy (non-hydrogen) atoms. The molecule has 1 aromatic heterocycles. The number of benzene rings is 10. The summed E-state index contributed by atoms with van der Waals surface area (Å²) in [6.45, 7) is 0. The van der Waals surface area contributed by atoms with E-state index in [2.05, 4.69) is 60.7 Å². The molecule has 0 aliphatic carbocycles. The molecule has 0 fully saturated rings. The van der Waals surface area contributed by atoms with E-state index in [1.54, 1.807) is 0 Å². The molecule has 0 radical (unpaired) electrons. The van der Waals surface area contributed by atoms with Gasteiger partial charge in [-0.25, -0.2) is 0 Å². The third kappa shape index (κ3) is 4.72. The molecule has 0 amide bonds. The lowest BCUT2D eigenvalue weighted by Gasteiger charge is -2.19. The van der Waals surface area contributed by atoms with Crippen LogP contribution in [0.3, 0.4) is 0 Å². The fraction of sp³-hybridized carbons (Fsp3) is 0.0189. The van der Waals surface area contributed by atoms with Crippen LogP contribution in [0.15, 0.2) is 198 Å². The fourth-order valence-corrected chi connectivity index (χ4v) is 8.55. The lowest BCUT2D eigenvalue weighted by atomic mass is 9.85. The topological polar surface area (TPSA) is 13.1 Å². The minimum Gasteiger partial charge on any atom is -0.455 e. The Morgan fingerprint density at radius 1 is 0.407 bits per heavy atom. The minimum atomic E-state index is -0.387. The quantitative estimate of drug-likeness (QED) is 0.164. The molecule has 1 heterocycles. The summed E-state index contributed by atoms with van der Waals surface area (Å²) < 4.78 is 63.0. The molecule has 0 unspecified atom stereocenters. The van der Waals surface area contributed by atoms with Crippen molar-refractivity contribution < 1.29 is 12.6 Å². The van der Waals surface area contributed by atoms with Crippen LogP contribution in [0.1, 0.15) is 19.4 Å². The highest BCUT2D eigenvalue weighted by atomic mass is 16.3. The van der Waals surface area contributed by atoms with E-state index >= 15 is 0 Å². The Kier molecular flexibility index (Phi) is 5.73. The Balaban J connectivity index is 1.20. The number of fused-ring (bicyclic) bond motifs is 7. The maximum atomic E-state index is 9.82. The second-order valence-electron chi connectivity index (χ2n) is 13.8. The molecule has 1 nitrogen and oxygen atoms in total. The van der Waals surface area contributed by atoms with Gasteiger partial charge >= 0.3 is 0 Å². The van der Waals surface area contributed by atoms with Gasteiger partial charge in [0.05, 0.1) is 8.22 Å². The van der Waals surface area contributed by atoms with Crippen LogP contribution in [-0.2, 0) is 6.42 Å². The molecule has 252 valence electrons. The first-order chi connectivity index (χ1) is 29.3. The van der Waals surface area contributed by atoms with Gasteiger partial charge in [0.2, 0.25) is 0 Å². The number of hydrogen-bond donors (Lipinski definition) is 0. The van der Waals surface area contributed by atoms with Gasteiger partial charge in [0, 0.05) is 16.3 Å². The lowest BCUT2D eigenvalue weighted by Crippen LogP contribution is -1.97. The van der Waals surface area contributed by atoms with Crippen LogP contribution < -0.4 is 0 Å². The minimum absolute atomic E-state index is 0.0796. The molecule has 0 atom stereocenters. The molecule has 0 N–H and O–H groups in total. The van der Waals surface area contributed by atoms with E-state index in [4.69, 9.17) is 7.16 Å². The smallest absolute Gasteiger partial charge is 0.143 e. The molecule has 0 bridgehead atoms. The van der Waals surface area contributed by atoms with Gasteiger partial charge in [-0.3, -0.25) is 0 Å². The van der Waals surface area contributed by atoms with Crippen molar-refractivity contribution in [1.82, 2.24) is 0 Å². The van der Waals surface area contributed by atoms with Gasteiger partial charge in [-0.1, -0.05) is 188 Å². The second-order valence-corrected chi connectivity index (χ2v) is 13.8. The summed E-state index contributed by atoms with van der Waals surface area (Å²) in [5.41, 5.74) is 7.55. The van der Waals surface area contributed by atoms with Crippen molar-refractivity contribution >= 4 is 65.0 Å². The van der Waals surface area contributed by atoms with Gasteiger partial charge in [0.25, 0.3) is 0 Å². The molecular formula is C53H34O. The summed E-state index contributed by atoms with van der Waals surface area (Å²) in [6.07, 6.45) is 0.174. The number of hydrogen-bond acceptors (Lipinski definition) is 1. The van der Waals surface area contributed by atoms with E-state index in [0.29, 0.717) is 22.3 Å². The van der Waals surface area contributed by atoms with Crippen molar-refractivity contribution in [3.05, 3.63) is 205 Å². The summed E-state index contributed by atoms with van der Waals surface area (Å²) in [4.78, 5) is 0. The molecule has 0 saturated heterocycles. The summed E-state index contributed by atoms with van der Waals surface area (Å²) in [5.74, 6) is 0. The molecule has 1 heteroatoms. The van der Waals surface area contributed by atoms with Crippen LogP contribution in [0, 0.1) is 0 Å². The molecular weight excluding hydrogens is 653 g/mol. The second kappa shape index (κ2) is 12.3. The van der Waals surface area contributed by atoms with Crippen molar-refractivity contribution in [2.75, 3.05) is 0 Å². The number of furan rings is 1. The van der Waals surface area contributed by atoms with Gasteiger partial charge < -0.3 is 4.42 Å². The first-order valence-electron chi connectivity index (χ1n) is 21.2. The van der Waals surface area contributed by atoms with Gasteiger partial charge in [-0.15, -0.1) is 0 Å². The zero-order valence-electron chi connectivity index (χ0n) is 35.1. The largest absolute Gasteiger partial charge is 0.455 e.